The molecule has 1 saturated heterocycles. The standard InChI is InChI=1S/C14H15N3O3S/c18-13(19)6-11-8-21-4-3-17(11)14(20)9-1-2-10-7-15-16-12(10)5-9/h1-2,5,7,11H,3-4,6,8H2,(H,15,16)(H,18,19). The molecule has 1 aliphatic rings. The topological polar surface area (TPSA) is 86.3 Å². The van der Waals surface area contributed by atoms with Gasteiger partial charge in [0.15, 0.2) is 0 Å². The van der Waals surface area contributed by atoms with Crippen LogP contribution < -0.4 is 0 Å². The Morgan fingerprint density at radius 1 is 1.48 bits per heavy atom. The molecular weight excluding hydrogens is 290 g/mol. The highest BCUT2D eigenvalue weighted by molar-refractivity contribution is 7.99. The number of hydrogen-bond acceptors (Lipinski definition) is 4. The number of rotatable bonds is 3. The van der Waals surface area contributed by atoms with Gasteiger partial charge in [-0.15, -0.1) is 0 Å². The number of carbonyl (C=O) groups excluding carboxylic acids is 1. The number of benzene rings is 1. The molecule has 2 aromatic rings. The molecule has 2 N–H and O–H groups in total. The van der Waals surface area contributed by atoms with Crippen LogP contribution in [0.3, 0.4) is 0 Å². The Balaban J connectivity index is 1.85. The first-order valence-electron chi connectivity index (χ1n) is 6.69. The number of aromatic amines is 1. The molecular formula is C14H15N3O3S. The number of nitrogens with zero attached hydrogens (tertiary/aromatic N) is 2. The summed E-state index contributed by atoms with van der Waals surface area (Å²) in [6, 6.07) is 5.13. The molecule has 1 aromatic carbocycles. The van der Waals surface area contributed by atoms with Crippen LogP contribution in [0.5, 0.6) is 0 Å². The van der Waals surface area contributed by atoms with E-state index in [2.05, 4.69) is 10.2 Å². The largest absolute Gasteiger partial charge is 0.481 e. The zero-order valence-electron chi connectivity index (χ0n) is 11.3. The summed E-state index contributed by atoms with van der Waals surface area (Å²) in [6.07, 6.45) is 1.69. The van der Waals surface area contributed by atoms with E-state index in [1.165, 1.54) is 0 Å². The van der Waals surface area contributed by atoms with Crippen molar-refractivity contribution in [1.82, 2.24) is 15.1 Å². The lowest BCUT2D eigenvalue weighted by atomic mass is 10.1. The number of H-pyrrole nitrogens is 1. The highest BCUT2D eigenvalue weighted by atomic mass is 32.2. The van der Waals surface area contributed by atoms with Crippen molar-refractivity contribution in [1.29, 1.82) is 0 Å². The van der Waals surface area contributed by atoms with Gasteiger partial charge in [-0.1, -0.05) is 6.07 Å². The van der Waals surface area contributed by atoms with E-state index < -0.39 is 5.97 Å². The second-order valence-electron chi connectivity index (χ2n) is 5.00. The molecule has 110 valence electrons. The molecule has 1 unspecified atom stereocenters. The van der Waals surface area contributed by atoms with E-state index in [0.717, 1.165) is 16.7 Å². The lowest BCUT2D eigenvalue weighted by molar-refractivity contribution is -0.138. The number of hydrogen-bond donors (Lipinski definition) is 2. The Morgan fingerprint density at radius 2 is 2.33 bits per heavy atom. The lowest BCUT2D eigenvalue weighted by Crippen LogP contribution is -2.47. The maximum Gasteiger partial charge on any atom is 0.305 e. The average molecular weight is 305 g/mol. The fourth-order valence-electron chi connectivity index (χ4n) is 2.53. The number of amides is 1. The van der Waals surface area contributed by atoms with Crippen molar-refractivity contribution < 1.29 is 14.7 Å². The van der Waals surface area contributed by atoms with E-state index in [-0.39, 0.29) is 18.4 Å². The third-order valence-corrected chi connectivity index (χ3v) is 4.68. The van der Waals surface area contributed by atoms with Gasteiger partial charge in [0, 0.05) is 29.0 Å². The van der Waals surface area contributed by atoms with E-state index in [9.17, 15) is 9.59 Å². The first kappa shape index (κ1) is 13.9. The van der Waals surface area contributed by atoms with Crippen molar-refractivity contribution in [3.63, 3.8) is 0 Å². The number of fused-ring (bicyclic) bond motifs is 1. The Kier molecular flexibility index (Phi) is 3.83. The van der Waals surface area contributed by atoms with Gasteiger partial charge in [-0.25, -0.2) is 0 Å². The van der Waals surface area contributed by atoms with Crippen molar-refractivity contribution in [2.75, 3.05) is 18.1 Å². The molecule has 7 heteroatoms. The second-order valence-corrected chi connectivity index (χ2v) is 6.15. The quantitative estimate of drug-likeness (QED) is 0.899. The summed E-state index contributed by atoms with van der Waals surface area (Å²) >= 11 is 1.69. The molecule has 3 rings (SSSR count). The Labute approximate surface area is 125 Å². The molecule has 0 radical (unpaired) electrons. The molecule has 1 aromatic heterocycles. The maximum atomic E-state index is 12.6. The van der Waals surface area contributed by atoms with Crippen molar-refractivity contribution in [3.8, 4) is 0 Å². The third-order valence-electron chi connectivity index (χ3n) is 3.59. The minimum Gasteiger partial charge on any atom is -0.481 e. The van der Waals surface area contributed by atoms with Gasteiger partial charge in [0.05, 0.1) is 24.2 Å². The summed E-state index contributed by atoms with van der Waals surface area (Å²) in [5.74, 6) is 0.528. The van der Waals surface area contributed by atoms with Crippen LogP contribution in [0.4, 0.5) is 0 Å². The van der Waals surface area contributed by atoms with E-state index >= 15 is 0 Å². The van der Waals surface area contributed by atoms with Crippen LogP contribution in [0.25, 0.3) is 10.9 Å². The number of thioether (sulfide) groups is 1. The molecule has 0 bridgehead atoms. The first-order valence-corrected chi connectivity index (χ1v) is 7.84. The molecule has 1 fully saturated rings. The van der Waals surface area contributed by atoms with Gasteiger partial charge in [0.1, 0.15) is 0 Å². The summed E-state index contributed by atoms with van der Waals surface area (Å²) in [6.45, 7) is 0.586. The molecule has 0 aliphatic carbocycles. The minimum absolute atomic E-state index is 0.00889. The monoisotopic (exact) mass is 305 g/mol. The van der Waals surface area contributed by atoms with Crippen LogP contribution in [0.15, 0.2) is 24.4 Å². The van der Waals surface area contributed by atoms with Crippen LogP contribution in [0.1, 0.15) is 16.8 Å². The van der Waals surface area contributed by atoms with Crippen LogP contribution in [-0.2, 0) is 4.79 Å². The van der Waals surface area contributed by atoms with Crippen LogP contribution >= 0.6 is 11.8 Å². The summed E-state index contributed by atoms with van der Waals surface area (Å²) < 4.78 is 0. The number of nitrogens with one attached hydrogen (secondary N) is 1. The van der Waals surface area contributed by atoms with Gasteiger partial charge in [0.2, 0.25) is 0 Å². The Bertz CT molecular complexity index is 685. The van der Waals surface area contributed by atoms with E-state index in [0.29, 0.717) is 17.9 Å². The summed E-state index contributed by atoms with van der Waals surface area (Å²) in [4.78, 5) is 25.3. The summed E-state index contributed by atoms with van der Waals surface area (Å²) in [5, 5.41) is 16.7. The fraction of sp³-hybridized carbons (Fsp3) is 0.357. The predicted octanol–water partition coefficient (Wildman–Crippen LogP) is 1.60. The molecule has 0 spiro atoms. The average Bonchev–Trinajstić information content (AvgIpc) is 2.94. The van der Waals surface area contributed by atoms with Crippen molar-refractivity contribution in [2.24, 2.45) is 0 Å². The molecule has 2 heterocycles. The van der Waals surface area contributed by atoms with Gasteiger partial charge in [-0.2, -0.15) is 16.9 Å². The van der Waals surface area contributed by atoms with Crippen molar-refractivity contribution >= 4 is 34.5 Å². The second kappa shape index (κ2) is 5.77. The molecule has 1 aliphatic heterocycles. The number of aromatic nitrogens is 2. The van der Waals surface area contributed by atoms with Gasteiger partial charge in [0.25, 0.3) is 5.91 Å². The smallest absolute Gasteiger partial charge is 0.305 e. The predicted molar refractivity (Wildman–Crippen MR) is 80.5 cm³/mol. The highest BCUT2D eigenvalue weighted by Crippen LogP contribution is 2.22. The normalized spacial score (nSPS) is 18.9. The van der Waals surface area contributed by atoms with E-state index in [4.69, 9.17) is 5.11 Å². The van der Waals surface area contributed by atoms with Crippen LogP contribution in [-0.4, -0.2) is 56.2 Å². The van der Waals surface area contributed by atoms with E-state index in [1.807, 2.05) is 6.07 Å². The Morgan fingerprint density at radius 3 is 3.14 bits per heavy atom. The number of carboxylic acids is 1. The van der Waals surface area contributed by atoms with Gasteiger partial charge >= 0.3 is 5.97 Å². The van der Waals surface area contributed by atoms with Gasteiger partial charge in [-0.05, 0) is 12.1 Å². The van der Waals surface area contributed by atoms with Crippen LogP contribution in [0.2, 0.25) is 0 Å². The minimum atomic E-state index is -0.871. The lowest BCUT2D eigenvalue weighted by Gasteiger charge is -2.34. The number of carbonyl (C=O) groups is 2. The zero-order valence-corrected chi connectivity index (χ0v) is 12.1. The zero-order chi connectivity index (χ0) is 14.8. The molecule has 1 amide bonds. The van der Waals surface area contributed by atoms with Crippen molar-refractivity contribution in [3.05, 3.63) is 30.0 Å². The number of aliphatic carboxylic acids is 1. The Hall–Kier alpha value is -2.02. The van der Waals surface area contributed by atoms with Gasteiger partial charge < -0.3 is 10.0 Å². The molecule has 21 heavy (non-hydrogen) atoms. The van der Waals surface area contributed by atoms with Crippen molar-refractivity contribution in [2.45, 2.75) is 12.5 Å². The fourth-order valence-corrected chi connectivity index (χ4v) is 3.59. The summed E-state index contributed by atoms with van der Waals surface area (Å²) in [7, 11) is 0. The van der Waals surface area contributed by atoms with E-state index in [1.54, 1.807) is 35.0 Å². The van der Waals surface area contributed by atoms with Crippen LogP contribution in [0, 0.1) is 0 Å². The third kappa shape index (κ3) is 2.87. The molecule has 1 atom stereocenters. The van der Waals surface area contributed by atoms with Gasteiger partial charge in [-0.3, -0.25) is 14.7 Å². The first-order chi connectivity index (χ1) is 10.1. The molecule has 0 saturated carbocycles. The summed E-state index contributed by atoms with van der Waals surface area (Å²) in [5.41, 5.74) is 1.37. The molecule has 6 nitrogen and oxygen atoms in total. The highest BCUT2D eigenvalue weighted by Gasteiger charge is 2.29. The SMILES string of the molecule is O=C(O)CC1CSCCN1C(=O)c1ccc2cn[nH]c2c1. The maximum absolute atomic E-state index is 12.6. The number of carboxylic acid groups (broad SMARTS) is 1.